The number of carbonyl (C=O) groups is 1. The van der Waals surface area contributed by atoms with Crippen molar-refractivity contribution >= 4 is 17.4 Å². The van der Waals surface area contributed by atoms with E-state index in [9.17, 15) is 9.90 Å². The Kier molecular flexibility index (Phi) is 4.44. The predicted octanol–water partition coefficient (Wildman–Crippen LogP) is 2.84. The van der Waals surface area contributed by atoms with E-state index in [4.69, 9.17) is 0 Å². The highest BCUT2D eigenvalue weighted by molar-refractivity contribution is 5.90. The molecule has 0 bridgehead atoms. The van der Waals surface area contributed by atoms with Gasteiger partial charge in [-0.1, -0.05) is 24.3 Å². The van der Waals surface area contributed by atoms with E-state index in [2.05, 4.69) is 10.6 Å². The first-order valence-electron chi connectivity index (χ1n) is 8.07. The average Bonchev–Trinajstić information content (AvgIpc) is 2.83. The zero-order valence-electron chi connectivity index (χ0n) is 14.2. The van der Waals surface area contributed by atoms with Crippen LogP contribution in [-0.4, -0.2) is 31.3 Å². The number of amides is 2. The Bertz CT molecular complexity index is 758. The van der Waals surface area contributed by atoms with Gasteiger partial charge in [-0.15, -0.1) is 0 Å². The van der Waals surface area contributed by atoms with Crippen LogP contribution in [0.5, 0.6) is 0 Å². The van der Waals surface area contributed by atoms with Crippen molar-refractivity contribution in [3.63, 3.8) is 0 Å². The van der Waals surface area contributed by atoms with E-state index in [1.165, 1.54) is 0 Å². The second kappa shape index (κ2) is 6.53. The summed E-state index contributed by atoms with van der Waals surface area (Å²) >= 11 is 0. The lowest BCUT2D eigenvalue weighted by atomic mass is 10.1. The second-order valence-corrected chi connectivity index (χ2v) is 6.44. The number of carbonyl (C=O) groups excluding carboxylic acids is 1. The van der Waals surface area contributed by atoms with Gasteiger partial charge in [-0.2, -0.15) is 0 Å². The minimum Gasteiger partial charge on any atom is -0.390 e. The lowest BCUT2D eigenvalue weighted by molar-refractivity contribution is 0.144. The van der Waals surface area contributed by atoms with Gasteiger partial charge in [0.15, 0.2) is 0 Å². The van der Waals surface area contributed by atoms with Gasteiger partial charge >= 0.3 is 6.03 Å². The number of fused-ring (bicyclic) bond motifs is 1. The Morgan fingerprint density at radius 3 is 2.67 bits per heavy atom. The maximum atomic E-state index is 12.3. The van der Waals surface area contributed by atoms with Crippen LogP contribution in [0.3, 0.4) is 0 Å². The summed E-state index contributed by atoms with van der Waals surface area (Å²) in [4.78, 5) is 14.3. The summed E-state index contributed by atoms with van der Waals surface area (Å²) in [6.45, 7) is 2.01. The number of aliphatic hydroxyl groups excluding tert-OH is 1. The summed E-state index contributed by atoms with van der Waals surface area (Å²) in [5, 5.41) is 15.9. The monoisotopic (exact) mass is 325 g/mol. The van der Waals surface area contributed by atoms with Gasteiger partial charge in [-0.25, -0.2) is 4.79 Å². The molecule has 24 heavy (non-hydrogen) atoms. The smallest absolute Gasteiger partial charge is 0.319 e. The summed E-state index contributed by atoms with van der Waals surface area (Å²) in [5.41, 5.74) is 5.00. The van der Waals surface area contributed by atoms with Gasteiger partial charge in [-0.05, 0) is 41.8 Å². The lowest BCUT2D eigenvalue weighted by Gasteiger charge is -2.19. The standard InChI is InChI=1S/C19H23N3O2/c1-12-10-14(8-9-16(12)22(2)3)20-19(24)21-18-15-7-5-4-6-13(15)11-17(18)23/h4-10,17-18,23H,11H2,1-3H3,(H2,20,21,24)/t17-,18+/m1/s1. The summed E-state index contributed by atoms with van der Waals surface area (Å²) < 4.78 is 0. The molecule has 0 saturated heterocycles. The molecule has 2 atom stereocenters. The number of aryl methyl sites for hydroxylation is 1. The fourth-order valence-electron chi connectivity index (χ4n) is 3.29. The predicted molar refractivity (Wildman–Crippen MR) is 96.6 cm³/mol. The molecule has 0 fully saturated rings. The van der Waals surface area contributed by atoms with E-state index in [1.807, 2.05) is 68.4 Å². The molecule has 0 aliphatic heterocycles. The normalized spacial score (nSPS) is 18.8. The van der Waals surface area contributed by atoms with Gasteiger partial charge in [0.25, 0.3) is 0 Å². The molecule has 0 radical (unpaired) electrons. The van der Waals surface area contributed by atoms with E-state index >= 15 is 0 Å². The van der Waals surface area contributed by atoms with Crippen LogP contribution in [0.2, 0.25) is 0 Å². The number of hydrogen-bond donors (Lipinski definition) is 3. The highest BCUT2D eigenvalue weighted by atomic mass is 16.3. The number of hydrogen-bond acceptors (Lipinski definition) is 3. The fraction of sp³-hybridized carbons (Fsp3) is 0.316. The Morgan fingerprint density at radius 2 is 1.96 bits per heavy atom. The number of benzene rings is 2. The maximum Gasteiger partial charge on any atom is 0.319 e. The summed E-state index contributed by atoms with van der Waals surface area (Å²) in [6, 6.07) is 12.9. The topological polar surface area (TPSA) is 64.6 Å². The average molecular weight is 325 g/mol. The number of urea groups is 1. The minimum absolute atomic E-state index is 0.312. The summed E-state index contributed by atoms with van der Waals surface area (Å²) in [5.74, 6) is 0. The largest absolute Gasteiger partial charge is 0.390 e. The summed E-state index contributed by atoms with van der Waals surface area (Å²) in [6.07, 6.45) is -0.0244. The molecule has 0 saturated carbocycles. The Labute approximate surface area is 142 Å². The van der Waals surface area contributed by atoms with Crippen LogP contribution in [0.25, 0.3) is 0 Å². The Balaban J connectivity index is 1.69. The third-order valence-electron chi connectivity index (χ3n) is 4.43. The van der Waals surface area contributed by atoms with Crippen LogP contribution in [0.4, 0.5) is 16.2 Å². The molecule has 2 aromatic carbocycles. The number of aliphatic hydroxyl groups is 1. The molecule has 126 valence electrons. The molecule has 0 unspecified atom stereocenters. The molecular formula is C19H23N3O2. The van der Waals surface area contributed by atoms with Crippen molar-refractivity contribution in [3.8, 4) is 0 Å². The van der Waals surface area contributed by atoms with E-state index < -0.39 is 6.10 Å². The quantitative estimate of drug-likeness (QED) is 0.813. The maximum absolute atomic E-state index is 12.3. The third kappa shape index (κ3) is 3.21. The molecule has 1 aliphatic carbocycles. The number of anilines is 2. The fourth-order valence-corrected chi connectivity index (χ4v) is 3.29. The number of nitrogens with zero attached hydrogens (tertiary/aromatic N) is 1. The van der Waals surface area contributed by atoms with Gasteiger partial charge in [0.2, 0.25) is 0 Å². The first kappa shape index (κ1) is 16.3. The zero-order valence-corrected chi connectivity index (χ0v) is 14.2. The Morgan fingerprint density at radius 1 is 1.21 bits per heavy atom. The van der Waals surface area contributed by atoms with E-state index in [0.717, 1.165) is 28.1 Å². The highest BCUT2D eigenvalue weighted by Gasteiger charge is 2.31. The second-order valence-electron chi connectivity index (χ2n) is 6.44. The molecule has 0 spiro atoms. The van der Waals surface area contributed by atoms with Crippen LogP contribution >= 0.6 is 0 Å². The minimum atomic E-state index is -0.592. The highest BCUT2D eigenvalue weighted by Crippen LogP contribution is 2.31. The molecule has 2 amide bonds. The molecule has 5 heteroatoms. The van der Waals surface area contributed by atoms with Crippen LogP contribution in [0.1, 0.15) is 22.7 Å². The molecule has 0 aromatic heterocycles. The zero-order chi connectivity index (χ0) is 17.3. The van der Waals surface area contributed by atoms with Crippen molar-refractivity contribution in [2.24, 2.45) is 0 Å². The van der Waals surface area contributed by atoms with Crippen molar-refractivity contribution in [1.82, 2.24) is 5.32 Å². The molecule has 3 N–H and O–H groups in total. The Hall–Kier alpha value is -2.53. The first-order chi connectivity index (χ1) is 11.5. The van der Waals surface area contributed by atoms with Gasteiger partial charge in [-0.3, -0.25) is 0 Å². The molecule has 1 aliphatic rings. The van der Waals surface area contributed by atoms with Crippen molar-refractivity contribution < 1.29 is 9.90 Å². The van der Waals surface area contributed by atoms with E-state index in [-0.39, 0.29) is 12.1 Å². The van der Waals surface area contributed by atoms with Gasteiger partial charge in [0, 0.05) is 31.9 Å². The van der Waals surface area contributed by atoms with E-state index in [0.29, 0.717) is 6.42 Å². The van der Waals surface area contributed by atoms with E-state index in [1.54, 1.807) is 0 Å². The van der Waals surface area contributed by atoms with Gasteiger partial charge in [0.1, 0.15) is 0 Å². The molecule has 5 nitrogen and oxygen atoms in total. The van der Waals surface area contributed by atoms with Crippen LogP contribution in [0.15, 0.2) is 42.5 Å². The van der Waals surface area contributed by atoms with Crippen molar-refractivity contribution in [3.05, 3.63) is 59.2 Å². The third-order valence-corrected chi connectivity index (χ3v) is 4.43. The molecular weight excluding hydrogens is 302 g/mol. The van der Waals surface area contributed by atoms with Crippen molar-refractivity contribution in [2.45, 2.75) is 25.5 Å². The lowest BCUT2D eigenvalue weighted by Crippen LogP contribution is -2.36. The molecule has 0 heterocycles. The van der Waals surface area contributed by atoms with Crippen LogP contribution < -0.4 is 15.5 Å². The van der Waals surface area contributed by atoms with Crippen molar-refractivity contribution in [1.29, 1.82) is 0 Å². The SMILES string of the molecule is Cc1cc(NC(=O)N[C@H]2c3ccccc3C[C@H]2O)ccc1N(C)C. The summed E-state index contributed by atoms with van der Waals surface area (Å²) in [7, 11) is 3.97. The van der Waals surface area contributed by atoms with Crippen molar-refractivity contribution in [2.75, 3.05) is 24.3 Å². The van der Waals surface area contributed by atoms with Crippen LogP contribution in [-0.2, 0) is 6.42 Å². The van der Waals surface area contributed by atoms with Gasteiger partial charge in [0.05, 0.1) is 12.1 Å². The first-order valence-corrected chi connectivity index (χ1v) is 8.07. The number of rotatable bonds is 3. The van der Waals surface area contributed by atoms with Crippen LogP contribution in [0, 0.1) is 6.92 Å². The number of nitrogens with one attached hydrogen (secondary N) is 2. The molecule has 3 rings (SSSR count). The van der Waals surface area contributed by atoms with Gasteiger partial charge < -0.3 is 20.6 Å². The molecule has 2 aromatic rings.